The predicted molar refractivity (Wildman–Crippen MR) is 95.7 cm³/mol. The van der Waals surface area contributed by atoms with Crippen molar-refractivity contribution >= 4 is 5.91 Å². The lowest BCUT2D eigenvalue weighted by molar-refractivity contribution is 0.0698. The van der Waals surface area contributed by atoms with Gasteiger partial charge in [0.05, 0.1) is 0 Å². The highest BCUT2D eigenvalue weighted by molar-refractivity contribution is 5.94. The van der Waals surface area contributed by atoms with Crippen LogP contribution in [0, 0.1) is 0 Å². The fraction of sp³-hybridized carbons (Fsp3) is 0.632. The van der Waals surface area contributed by atoms with Gasteiger partial charge in [-0.15, -0.1) is 0 Å². The van der Waals surface area contributed by atoms with Gasteiger partial charge in [0.2, 0.25) is 0 Å². The van der Waals surface area contributed by atoms with E-state index in [0.29, 0.717) is 6.04 Å². The molecule has 0 aliphatic carbocycles. The lowest BCUT2D eigenvalue weighted by Gasteiger charge is -2.32. The fourth-order valence-corrected chi connectivity index (χ4v) is 3.26. The molecule has 1 unspecified atom stereocenters. The second-order valence-electron chi connectivity index (χ2n) is 6.44. The Kier molecular flexibility index (Phi) is 7.06. The zero-order valence-corrected chi connectivity index (χ0v) is 14.8. The molecular formula is C19H31N3O. The molecule has 0 radical (unpaired) electrons. The van der Waals surface area contributed by atoms with Crippen molar-refractivity contribution in [3.8, 4) is 0 Å². The van der Waals surface area contributed by atoms with Gasteiger partial charge in [-0.3, -0.25) is 9.69 Å². The standard InChI is InChI=1S/C19H31N3O/c1-4-12-21(5-2)14-16-8-10-17(11-9-16)19(23)22-13-6-7-18(15-22)20-3/h8-11,18,20H,4-7,12-15H2,1-3H3. The van der Waals surface area contributed by atoms with Gasteiger partial charge in [0.25, 0.3) is 5.91 Å². The Morgan fingerprint density at radius 3 is 2.65 bits per heavy atom. The first-order chi connectivity index (χ1) is 11.2. The normalized spacial score (nSPS) is 18.4. The van der Waals surface area contributed by atoms with Gasteiger partial charge in [-0.25, -0.2) is 0 Å². The van der Waals surface area contributed by atoms with Crippen molar-refractivity contribution in [3.63, 3.8) is 0 Å². The Morgan fingerprint density at radius 2 is 2.04 bits per heavy atom. The van der Waals surface area contributed by atoms with E-state index in [-0.39, 0.29) is 5.91 Å². The number of hydrogen-bond acceptors (Lipinski definition) is 3. The highest BCUT2D eigenvalue weighted by Gasteiger charge is 2.23. The second-order valence-corrected chi connectivity index (χ2v) is 6.44. The average molecular weight is 317 g/mol. The van der Waals surface area contributed by atoms with Crippen LogP contribution in [0.15, 0.2) is 24.3 Å². The molecule has 128 valence electrons. The van der Waals surface area contributed by atoms with Gasteiger partial charge in [-0.05, 0) is 57.1 Å². The maximum Gasteiger partial charge on any atom is 0.253 e. The summed E-state index contributed by atoms with van der Waals surface area (Å²) in [4.78, 5) is 17.1. The highest BCUT2D eigenvalue weighted by Crippen LogP contribution is 2.15. The van der Waals surface area contributed by atoms with Gasteiger partial charge >= 0.3 is 0 Å². The molecule has 1 aromatic rings. The molecule has 1 atom stereocenters. The van der Waals surface area contributed by atoms with Crippen molar-refractivity contribution < 1.29 is 4.79 Å². The van der Waals surface area contributed by atoms with Crippen LogP contribution < -0.4 is 5.32 Å². The number of amides is 1. The summed E-state index contributed by atoms with van der Waals surface area (Å²) in [6.45, 7) is 9.24. The Balaban J connectivity index is 1.97. The number of nitrogens with zero attached hydrogens (tertiary/aromatic N) is 2. The summed E-state index contributed by atoms with van der Waals surface area (Å²) >= 11 is 0. The summed E-state index contributed by atoms with van der Waals surface area (Å²) in [5.41, 5.74) is 2.09. The van der Waals surface area contributed by atoms with Crippen molar-refractivity contribution in [2.45, 2.75) is 45.7 Å². The van der Waals surface area contributed by atoms with E-state index in [0.717, 1.165) is 51.1 Å². The van der Waals surface area contributed by atoms with Crippen molar-refractivity contribution in [1.29, 1.82) is 0 Å². The van der Waals surface area contributed by atoms with Crippen molar-refractivity contribution in [2.24, 2.45) is 0 Å². The Labute approximate surface area is 140 Å². The van der Waals surface area contributed by atoms with Crippen LogP contribution in [0.5, 0.6) is 0 Å². The molecule has 1 aliphatic rings. The maximum atomic E-state index is 12.6. The van der Waals surface area contributed by atoms with Crippen molar-refractivity contribution in [1.82, 2.24) is 15.1 Å². The smallest absolute Gasteiger partial charge is 0.253 e. The summed E-state index contributed by atoms with van der Waals surface area (Å²) in [6, 6.07) is 8.61. The topological polar surface area (TPSA) is 35.6 Å². The minimum Gasteiger partial charge on any atom is -0.337 e. The molecule has 2 rings (SSSR count). The maximum absolute atomic E-state index is 12.6. The van der Waals surface area contributed by atoms with E-state index >= 15 is 0 Å². The van der Waals surface area contributed by atoms with E-state index in [4.69, 9.17) is 0 Å². The first-order valence-corrected chi connectivity index (χ1v) is 8.95. The number of likely N-dealkylation sites (tertiary alicyclic amines) is 1. The summed E-state index contributed by atoms with van der Waals surface area (Å²) in [5.74, 6) is 0.164. The van der Waals surface area contributed by atoms with Gasteiger partial charge in [0, 0.05) is 31.2 Å². The molecule has 0 bridgehead atoms. The predicted octanol–water partition coefficient (Wildman–Crippen LogP) is 2.74. The van der Waals surface area contributed by atoms with Gasteiger partial charge in [-0.2, -0.15) is 0 Å². The van der Waals surface area contributed by atoms with E-state index in [1.807, 2.05) is 24.1 Å². The lowest BCUT2D eigenvalue weighted by Crippen LogP contribution is -2.46. The summed E-state index contributed by atoms with van der Waals surface area (Å²) in [6.07, 6.45) is 3.41. The van der Waals surface area contributed by atoms with Crippen LogP contribution >= 0.6 is 0 Å². The van der Waals surface area contributed by atoms with Gasteiger partial charge < -0.3 is 10.2 Å². The molecule has 0 spiro atoms. The molecule has 0 aromatic heterocycles. The fourth-order valence-electron chi connectivity index (χ4n) is 3.26. The largest absolute Gasteiger partial charge is 0.337 e. The molecule has 1 saturated heterocycles. The number of nitrogens with one attached hydrogen (secondary N) is 1. The van der Waals surface area contributed by atoms with Crippen LogP contribution in [-0.4, -0.2) is 55.0 Å². The first-order valence-electron chi connectivity index (χ1n) is 8.95. The highest BCUT2D eigenvalue weighted by atomic mass is 16.2. The summed E-state index contributed by atoms with van der Waals surface area (Å²) < 4.78 is 0. The summed E-state index contributed by atoms with van der Waals surface area (Å²) in [5, 5.41) is 3.29. The van der Waals surface area contributed by atoms with E-state index in [9.17, 15) is 4.79 Å². The summed E-state index contributed by atoms with van der Waals surface area (Å²) in [7, 11) is 1.98. The van der Waals surface area contributed by atoms with Crippen molar-refractivity contribution in [2.75, 3.05) is 33.2 Å². The number of piperidine rings is 1. The van der Waals surface area contributed by atoms with Crippen LogP contribution in [-0.2, 0) is 6.54 Å². The number of likely N-dealkylation sites (N-methyl/N-ethyl adjacent to an activating group) is 1. The third kappa shape index (κ3) is 5.05. The minimum absolute atomic E-state index is 0.164. The zero-order chi connectivity index (χ0) is 16.7. The molecule has 1 aromatic carbocycles. The number of carbonyl (C=O) groups excluding carboxylic acids is 1. The third-order valence-corrected chi connectivity index (χ3v) is 4.71. The molecule has 1 aliphatic heterocycles. The first kappa shape index (κ1) is 18.0. The molecule has 1 heterocycles. The number of carbonyl (C=O) groups is 1. The average Bonchev–Trinajstić information content (AvgIpc) is 2.61. The van der Waals surface area contributed by atoms with Gasteiger partial charge in [0.1, 0.15) is 0 Å². The Bertz CT molecular complexity index is 486. The van der Waals surface area contributed by atoms with Gasteiger partial charge in [0.15, 0.2) is 0 Å². The van der Waals surface area contributed by atoms with E-state index in [2.05, 4.69) is 36.2 Å². The lowest BCUT2D eigenvalue weighted by atomic mass is 10.0. The monoisotopic (exact) mass is 317 g/mol. The van der Waals surface area contributed by atoms with Crippen LogP contribution in [0.4, 0.5) is 0 Å². The Morgan fingerprint density at radius 1 is 1.30 bits per heavy atom. The molecule has 4 heteroatoms. The molecule has 1 N–H and O–H groups in total. The number of benzene rings is 1. The second kappa shape index (κ2) is 9.04. The molecule has 23 heavy (non-hydrogen) atoms. The van der Waals surface area contributed by atoms with Crippen molar-refractivity contribution in [3.05, 3.63) is 35.4 Å². The third-order valence-electron chi connectivity index (χ3n) is 4.71. The quantitative estimate of drug-likeness (QED) is 0.840. The van der Waals surface area contributed by atoms with E-state index in [1.165, 1.54) is 12.0 Å². The molecule has 1 amide bonds. The van der Waals surface area contributed by atoms with Gasteiger partial charge in [-0.1, -0.05) is 26.0 Å². The number of rotatable bonds is 7. The molecular weight excluding hydrogens is 286 g/mol. The molecule has 0 saturated carbocycles. The van der Waals surface area contributed by atoms with E-state index in [1.54, 1.807) is 0 Å². The molecule has 1 fully saturated rings. The van der Waals surface area contributed by atoms with Crippen LogP contribution in [0.1, 0.15) is 49.0 Å². The minimum atomic E-state index is 0.164. The van der Waals surface area contributed by atoms with Crippen LogP contribution in [0.3, 0.4) is 0 Å². The Hall–Kier alpha value is -1.39. The van der Waals surface area contributed by atoms with E-state index < -0.39 is 0 Å². The number of hydrogen-bond donors (Lipinski definition) is 1. The zero-order valence-electron chi connectivity index (χ0n) is 14.8. The SMILES string of the molecule is CCCN(CC)Cc1ccc(C(=O)N2CCCC(NC)C2)cc1. The molecule has 4 nitrogen and oxygen atoms in total. The van der Waals surface area contributed by atoms with Crippen LogP contribution in [0.25, 0.3) is 0 Å². The van der Waals surface area contributed by atoms with Crippen LogP contribution in [0.2, 0.25) is 0 Å².